The molecule has 10 fully saturated rings. The van der Waals surface area contributed by atoms with Crippen molar-refractivity contribution in [3.63, 3.8) is 0 Å². The van der Waals surface area contributed by atoms with Gasteiger partial charge in [0.15, 0.2) is 0 Å². The fourth-order valence-electron chi connectivity index (χ4n) is 11.7. The summed E-state index contributed by atoms with van der Waals surface area (Å²) in [4.78, 5) is 25.6. The Kier molecular flexibility index (Phi) is 9.20. The number of ketones is 1. The molecule has 0 N–H and O–H groups in total. The maximum absolute atomic E-state index is 14.0. The average Bonchev–Trinajstić information content (AvgIpc) is 3.76. The molecule has 10 heterocycles. The van der Waals surface area contributed by atoms with E-state index < -0.39 is 6.10 Å². The zero-order chi connectivity index (χ0) is 34.3. The summed E-state index contributed by atoms with van der Waals surface area (Å²) in [7, 11) is 1.65. The third-order valence-electron chi connectivity index (χ3n) is 14.2. The number of methoxy groups -OCH3 is 1. The molecule has 10 aliphatic rings. The quantitative estimate of drug-likeness (QED) is 0.296. The Hall–Kier alpha value is -1.50. The molecule has 10 saturated heterocycles. The number of carbonyl (C=O) groups excluding carboxylic acids is 2. The van der Waals surface area contributed by atoms with Gasteiger partial charge in [0.2, 0.25) is 0 Å². The van der Waals surface area contributed by atoms with Gasteiger partial charge in [0, 0.05) is 51.0 Å². The van der Waals surface area contributed by atoms with Gasteiger partial charge in [-0.2, -0.15) is 0 Å². The third-order valence-corrected chi connectivity index (χ3v) is 14.2. The molecule has 1 spiro atoms. The molecule has 10 nitrogen and oxygen atoms in total. The van der Waals surface area contributed by atoms with Gasteiger partial charge in [0.25, 0.3) is 0 Å². The molecule has 0 aliphatic carbocycles. The van der Waals surface area contributed by atoms with Gasteiger partial charge in [-0.15, -0.1) is 0 Å². The van der Waals surface area contributed by atoms with Crippen LogP contribution in [0.25, 0.3) is 0 Å². The molecule has 0 radical (unpaired) electrons. The highest BCUT2D eigenvalue weighted by Gasteiger charge is 2.67. The van der Waals surface area contributed by atoms with Crippen LogP contribution in [-0.2, 0) is 47.5 Å². The van der Waals surface area contributed by atoms with Crippen LogP contribution in [0, 0.1) is 17.8 Å². The highest BCUT2D eigenvalue weighted by atomic mass is 16.6. The SMILES string of the molecule is C=C1C[C@@H]2CC[C@@]34C[C@H]5[C@H]6O[C@H](CC[C@@H]6O[C@H]6[C@@H](O3)[C@@H](C4)O[C@@H]56)CC(=O)C[C@@H]3[C@@H](OC)[C@@H](CC=O)O[C@H]3C[C@H]3O[C@@H](CC[C@@H]1O2)C[C@@H](C)C3=C. The van der Waals surface area contributed by atoms with Gasteiger partial charge in [-0.05, 0) is 74.9 Å². The molecule has 0 saturated carbocycles. The van der Waals surface area contributed by atoms with Crippen molar-refractivity contribution < 1.29 is 47.5 Å². The maximum atomic E-state index is 14.0. The Morgan fingerprint density at radius 1 is 0.760 bits per heavy atom. The predicted octanol–water partition coefficient (Wildman–Crippen LogP) is 4.98. The van der Waals surface area contributed by atoms with Crippen LogP contribution in [0.4, 0.5) is 0 Å². The molecule has 0 aromatic heterocycles. The minimum Gasteiger partial charge on any atom is -0.378 e. The predicted molar refractivity (Wildman–Crippen MR) is 180 cm³/mol. The van der Waals surface area contributed by atoms with Crippen LogP contribution in [-0.4, -0.2) is 110 Å². The molecular weight excluding hydrogens is 640 g/mol. The molecule has 18 atom stereocenters. The lowest BCUT2D eigenvalue weighted by atomic mass is 9.73. The van der Waals surface area contributed by atoms with E-state index in [1.807, 2.05) is 0 Å². The normalized spacial score (nSPS) is 53.2. The van der Waals surface area contributed by atoms with Crippen LogP contribution >= 0.6 is 0 Å². The second-order valence-corrected chi connectivity index (χ2v) is 17.3. The molecule has 10 heteroatoms. The van der Waals surface area contributed by atoms with E-state index in [1.54, 1.807) is 7.11 Å². The Morgan fingerprint density at radius 3 is 2.40 bits per heavy atom. The molecule has 0 unspecified atom stereocenters. The minimum atomic E-state index is -0.399. The Morgan fingerprint density at radius 2 is 1.56 bits per heavy atom. The Balaban J connectivity index is 0.996. The average molecular weight is 697 g/mol. The summed E-state index contributed by atoms with van der Waals surface area (Å²) in [5.74, 6) is 0.417. The number of rotatable bonds is 3. The smallest absolute Gasteiger partial charge is 0.135 e. The van der Waals surface area contributed by atoms with Gasteiger partial charge in [-0.25, -0.2) is 0 Å². The van der Waals surface area contributed by atoms with Crippen molar-refractivity contribution in [1.82, 2.24) is 0 Å². The molecule has 0 amide bonds. The molecule has 10 aliphatic heterocycles. The van der Waals surface area contributed by atoms with E-state index in [0.29, 0.717) is 25.2 Å². The number of Topliss-reactive ketones (excluding diaryl/α,β-unsaturated/α-hetero) is 1. The van der Waals surface area contributed by atoms with E-state index in [-0.39, 0.29) is 109 Å². The zero-order valence-electron chi connectivity index (χ0n) is 29.8. The third kappa shape index (κ3) is 6.02. The van der Waals surface area contributed by atoms with Crippen molar-refractivity contribution in [1.29, 1.82) is 0 Å². The number of hydrogen-bond acceptors (Lipinski definition) is 10. The van der Waals surface area contributed by atoms with Gasteiger partial charge >= 0.3 is 0 Å². The van der Waals surface area contributed by atoms with Crippen molar-refractivity contribution in [2.24, 2.45) is 17.8 Å². The molecule has 0 aromatic carbocycles. The van der Waals surface area contributed by atoms with E-state index in [0.717, 1.165) is 76.1 Å². The Bertz CT molecular complexity index is 1350. The number of ether oxygens (including phenoxy) is 8. The van der Waals surface area contributed by atoms with E-state index in [4.69, 9.17) is 37.9 Å². The summed E-state index contributed by atoms with van der Waals surface area (Å²) < 4.78 is 53.3. The lowest BCUT2D eigenvalue weighted by Crippen LogP contribution is -2.58. The lowest BCUT2D eigenvalue weighted by molar-refractivity contribution is -0.237. The number of fused-ring (bicyclic) bond motifs is 6. The first kappa shape index (κ1) is 34.3. The highest BCUT2D eigenvalue weighted by molar-refractivity contribution is 5.79. The van der Waals surface area contributed by atoms with Crippen molar-refractivity contribution in [2.45, 2.75) is 188 Å². The Labute approximate surface area is 296 Å². The second kappa shape index (κ2) is 13.4. The van der Waals surface area contributed by atoms with Gasteiger partial charge in [-0.1, -0.05) is 20.1 Å². The fraction of sp³-hybridized carbons (Fsp3) is 0.850. The van der Waals surface area contributed by atoms with Crippen molar-refractivity contribution in [3.05, 3.63) is 24.3 Å². The van der Waals surface area contributed by atoms with Gasteiger partial charge in [0.1, 0.15) is 24.3 Å². The first-order valence-corrected chi connectivity index (χ1v) is 19.7. The van der Waals surface area contributed by atoms with Crippen LogP contribution in [0.1, 0.15) is 96.8 Å². The highest BCUT2D eigenvalue weighted by Crippen LogP contribution is 2.57. The van der Waals surface area contributed by atoms with Gasteiger partial charge < -0.3 is 42.7 Å². The maximum Gasteiger partial charge on any atom is 0.135 e. The van der Waals surface area contributed by atoms with Gasteiger partial charge in [-0.3, -0.25) is 4.79 Å². The lowest BCUT2D eigenvalue weighted by Gasteiger charge is -2.48. The van der Waals surface area contributed by atoms with Crippen LogP contribution in [0.15, 0.2) is 24.3 Å². The molecular formula is C40H56O10. The number of carbonyl (C=O) groups is 2. The second-order valence-electron chi connectivity index (χ2n) is 17.3. The summed E-state index contributed by atoms with van der Waals surface area (Å²) in [6, 6.07) is 0. The van der Waals surface area contributed by atoms with Crippen LogP contribution < -0.4 is 0 Å². The van der Waals surface area contributed by atoms with Gasteiger partial charge in [0.05, 0.1) is 78.8 Å². The fourth-order valence-corrected chi connectivity index (χ4v) is 11.7. The summed E-state index contributed by atoms with van der Waals surface area (Å²) in [6.45, 7) is 11.1. The van der Waals surface area contributed by atoms with Crippen LogP contribution in [0.2, 0.25) is 0 Å². The van der Waals surface area contributed by atoms with Crippen molar-refractivity contribution in [2.75, 3.05) is 7.11 Å². The monoisotopic (exact) mass is 696 g/mol. The first-order valence-electron chi connectivity index (χ1n) is 19.7. The van der Waals surface area contributed by atoms with E-state index in [9.17, 15) is 9.59 Å². The van der Waals surface area contributed by atoms with E-state index >= 15 is 0 Å². The molecule has 0 aromatic rings. The summed E-state index contributed by atoms with van der Waals surface area (Å²) in [5.41, 5.74) is 1.97. The summed E-state index contributed by atoms with van der Waals surface area (Å²) in [5, 5.41) is 0. The molecule has 276 valence electrons. The van der Waals surface area contributed by atoms with Crippen LogP contribution in [0.3, 0.4) is 0 Å². The first-order chi connectivity index (χ1) is 24.2. The number of hydrogen-bond donors (Lipinski definition) is 0. The van der Waals surface area contributed by atoms with Crippen molar-refractivity contribution in [3.8, 4) is 0 Å². The summed E-state index contributed by atoms with van der Waals surface area (Å²) in [6.07, 6.45) is 9.81. The van der Waals surface area contributed by atoms with E-state index in [1.165, 1.54) is 5.57 Å². The molecule has 12 bridgehead atoms. The molecule has 50 heavy (non-hydrogen) atoms. The van der Waals surface area contributed by atoms with E-state index in [2.05, 4.69) is 20.1 Å². The minimum absolute atomic E-state index is 0.00728. The number of aldehydes is 1. The van der Waals surface area contributed by atoms with Crippen LogP contribution in [0.5, 0.6) is 0 Å². The topological polar surface area (TPSA) is 108 Å². The van der Waals surface area contributed by atoms with Crippen molar-refractivity contribution >= 4 is 12.1 Å². The largest absolute Gasteiger partial charge is 0.378 e. The standard InChI is InChI=1S/C40H56O10/c1-20-13-24-5-7-29-21(2)14-26(44-29)9-11-40-18-28-36-30(48-39-37(28)49-34(19-40)38(39)50-40)8-6-25(46-36)15-23(42)16-27-33(17-32(45-24)22(20)3)47-31(10-12-41)35(27)43-4/h12,20,24-39H,2-3,5-11,13-19H2,1,4H3/t20-,24+,25-,26+,27+,28+,29+,30+,31-,32-,33+,34-,35-,36-,37+,38+,39-,40+/m1/s1. The zero-order valence-corrected chi connectivity index (χ0v) is 29.8. The summed E-state index contributed by atoms with van der Waals surface area (Å²) >= 11 is 0. The molecule has 10 rings (SSSR count).